The van der Waals surface area contributed by atoms with E-state index in [1.165, 1.54) is 89.9 Å². The summed E-state index contributed by atoms with van der Waals surface area (Å²) in [6.45, 7) is 8.54. The molecule has 0 aliphatic heterocycles. The summed E-state index contributed by atoms with van der Waals surface area (Å²) in [5.74, 6) is 0.415. The molecule has 0 aliphatic rings. The molecule has 0 aromatic heterocycles. The van der Waals surface area contributed by atoms with Crippen LogP contribution in [0.2, 0.25) is 0 Å². The highest BCUT2D eigenvalue weighted by molar-refractivity contribution is 6.03. The summed E-state index contributed by atoms with van der Waals surface area (Å²) >= 11 is 0. The second kappa shape index (κ2) is 22.7. The van der Waals surface area contributed by atoms with E-state index in [-0.39, 0.29) is 11.5 Å². The summed E-state index contributed by atoms with van der Waals surface area (Å²) in [7, 11) is 0. The predicted octanol–water partition coefficient (Wildman–Crippen LogP) is 11.7. The number of benzene rings is 2. The third-order valence-electron chi connectivity index (χ3n) is 8.26. The highest BCUT2D eigenvalue weighted by Gasteiger charge is 2.13. The van der Waals surface area contributed by atoms with Gasteiger partial charge in [-0.25, -0.2) is 4.94 Å². The van der Waals surface area contributed by atoms with Gasteiger partial charge in [-0.3, -0.25) is 0 Å². The number of nitrogens with zero attached hydrogens (tertiary/aromatic N) is 2. The van der Waals surface area contributed by atoms with E-state index in [1.807, 2.05) is 38.1 Å². The molecule has 0 unspecified atom stereocenters. The van der Waals surface area contributed by atoms with E-state index in [0.29, 0.717) is 35.4 Å². The Morgan fingerprint density at radius 1 is 0.512 bits per heavy atom. The summed E-state index contributed by atoms with van der Waals surface area (Å²) in [5, 5.41) is 30.2. The molecule has 0 amide bonds. The molecule has 0 bridgehead atoms. The van der Waals surface area contributed by atoms with Crippen LogP contribution in [0.1, 0.15) is 165 Å². The van der Waals surface area contributed by atoms with E-state index in [0.717, 1.165) is 36.8 Å². The molecule has 0 saturated carbocycles. The lowest BCUT2D eigenvalue weighted by Gasteiger charge is -2.11. The molecular weight excluding hydrogens is 532 g/mol. The van der Waals surface area contributed by atoms with Crippen molar-refractivity contribution in [1.82, 2.24) is 0 Å². The number of aryl methyl sites for hydroxylation is 2. The number of phenolic OH excluding ortho intramolecular Hbond substituents is 2. The molecule has 0 saturated heterocycles. The van der Waals surface area contributed by atoms with Gasteiger partial charge < -0.3 is 10.2 Å². The van der Waals surface area contributed by atoms with Crippen LogP contribution >= 0.6 is 0 Å². The van der Waals surface area contributed by atoms with Crippen LogP contribution in [0.25, 0.3) is 0 Å². The highest BCUT2D eigenvalue weighted by atomic mass is 16.8. The van der Waals surface area contributed by atoms with Crippen molar-refractivity contribution in [2.75, 3.05) is 0 Å². The van der Waals surface area contributed by atoms with Crippen molar-refractivity contribution in [3.05, 3.63) is 58.7 Å². The molecule has 0 aliphatic carbocycles. The topological polar surface area (TPSA) is 74.4 Å². The quantitative estimate of drug-likeness (QED) is 0.0723. The maximum absolute atomic E-state index is 10.6. The monoisotopic (exact) mass is 592 g/mol. The average molecular weight is 593 g/mol. The van der Waals surface area contributed by atoms with Crippen LogP contribution in [0.15, 0.2) is 46.7 Å². The van der Waals surface area contributed by atoms with Crippen LogP contribution in [0.5, 0.6) is 11.5 Å². The van der Waals surface area contributed by atoms with Gasteiger partial charge >= 0.3 is 0 Å². The Kier molecular flexibility index (Phi) is 19.2. The number of rotatable bonds is 24. The minimum atomic E-state index is 0.207. The van der Waals surface area contributed by atoms with E-state index in [9.17, 15) is 10.2 Å². The van der Waals surface area contributed by atoms with Crippen LogP contribution in [0.4, 0.5) is 0 Å². The smallest absolute Gasteiger partial charge is 0.124 e. The lowest BCUT2D eigenvalue weighted by Crippen LogP contribution is -2.05. The predicted molar refractivity (Wildman–Crippen MR) is 184 cm³/mol. The molecule has 43 heavy (non-hydrogen) atoms. The largest absolute Gasteiger partial charge is 0.507 e. The first-order chi connectivity index (χ1) is 21.0. The first-order valence-electron chi connectivity index (χ1n) is 17.4. The number of unbranched alkanes of at least 4 members (excludes halogenated alkanes) is 16. The van der Waals surface area contributed by atoms with Crippen LogP contribution < -0.4 is 0 Å². The number of hydrogen-bond acceptors (Lipinski definition) is 5. The molecule has 0 fully saturated rings. The first kappa shape index (κ1) is 36.4. The van der Waals surface area contributed by atoms with Crippen molar-refractivity contribution >= 4 is 11.4 Å². The summed E-state index contributed by atoms with van der Waals surface area (Å²) in [6.07, 6.45) is 23.9. The third-order valence-corrected chi connectivity index (χ3v) is 8.26. The summed E-state index contributed by atoms with van der Waals surface area (Å²) in [6, 6.07) is 11.2. The molecule has 0 spiro atoms. The van der Waals surface area contributed by atoms with Gasteiger partial charge in [-0.2, -0.15) is 0 Å². The molecule has 0 heterocycles. The van der Waals surface area contributed by atoms with Crippen LogP contribution in [0, 0.1) is 13.8 Å². The fourth-order valence-electron chi connectivity index (χ4n) is 5.55. The van der Waals surface area contributed by atoms with Crippen LogP contribution in [-0.4, -0.2) is 21.6 Å². The number of hydrogen-bond donors (Lipinski definition) is 2. The SMILES string of the molecule is CCCCCCCCCCC/C(=N\O/N=C(\CCCCCCCCCCC)c1cc(C)ccc1O)c1cc(C)ccc1O. The minimum absolute atomic E-state index is 0.207. The highest BCUT2D eigenvalue weighted by Crippen LogP contribution is 2.24. The van der Waals surface area contributed by atoms with Crippen molar-refractivity contribution in [2.45, 2.75) is 156 Å². The maximum Gasteiger partial charge on any atom is 0.124 e. The molecule has 2 rings (SSSR count). The summed E-state index contributed by atoms with van der Waals surface area (Å²) in [5.41, 5.74) is 4.95. The fourth-order valence-corrected chi connectivity index (χ4v) is 5.55. The van der Waals surface area contributed by atoms with E-state index in [4.69, 9.17) is 4.94 Å². The molecule has 0 radical (unpaired) electrons. The zero-order valence-corrected chi connectivity index (χ0v) is 27.8. The molecule has 240 valence electrons. The average Bonchev–Trinajstić information content (AvgIpc) is 3.00. The standard InChI is InChI=1S/C38H60N2O3/c1-5-7-9-11-13-15-17-19-21-23-35(33-29-31(3)25-27-37(33)41)39-43-40-36(34-30-32(4)26-28-38(34)42)24-22-20-18-16-14-12-10-8-6-2/h25-30,41-42H,5-24H2,1-4H3/b39-35+,40-36+. The molecule has 0 atom stereocenters. The number of aromatic hydroxyl groups is 2. The Balaban J connectivity index is 2.06. The van der Waals surface area contributed by atoms with Gasteiger partial charge in [0.05, 0.1) is 11.4 Å². The van der Waals surface area contributed by atoms with Gasteiger partial charge in [-0.05, 0) is 63.8 Å². The van der Waals surface area contributed by atoms with Crippen molar-refractivity contribution in [1.29, 1.82) is 0 Å². The van der Waals surface area contributed by atoms with Crippen molar-refractivity contribution in [3.63, 3.8) is 0 Å². The fraction of sp³-hybridized carbons (Fsp3) is 0.632. The Hall–Kier alpha value is -2.82. The molecule has 2 aromatic carbocycles. The minimum Gasteiger partial charge on any atom is -0.507 e. The number of phenols is 2. The second-order valence-corrected chi connectivity index (χ2v) is 12.4. The molecule has 2 aromatic rings. The van der Waals surface area contributed by atoms with E-state index < -0.39 is 0 Å². The third kappa shape index (κ3) is 15.5. The summed E-state index contributed by atoms with van der Waals surface area (Å²) < 4.78 is 0. The zero-order chi connectivity index (χ0) is 31.1. The van der Waals surface area contributed by atoms with Gasteiger partial charge in [-0.15, -0.1) is 0 Å². The van der Waals surface area contributed by atoms with Gasteiger partial charge in [0.2, 0.25) is 0 Å². The lowest BCUT2D eigenvalue weighted by molar-refractivity contribution is 0.154. The molecule has 2 N–H and O–H groups in total. The van der Waals surface area contributed by atoms with Crippen LogP contribution in [0.3, 0.4) is 0 Å². The van der Waals surface area contributed by atoms with E-state index in [2.05, 4.69) is 24.2 Å². The van der Waals surface area contributed by atoms with Crippen LogP contribution in [-0.2, 0) is 4.94 Å². The molecule has 5 heteroatoms. The summed E-state index contributed by atoms with van der Waals surface area (Å²) in [4.78, 5) is 5.68. The lowest BCUT2D eigenvalue weighted by atomic mass is 10.00. The zero-order valence-electron chi connectivity index (χ0n) is 27.8. The molecule has 5 nitrogen and oxygen atoms in total. The van der Waals surface area contributed by atoms with Gasteiger partial charge in [0.25, 0.3) is 0 Å². The Labute approximate surface area is 262 Å². The Bertz CT molecular complexity index is 1010. The van der Waals surface area contributed by atoms with Crippen molar-refractivity contribution < 1.29 is 15.2 Å². The first-order valence-corrected chi connectivity index (χ1v) is 17.4. The van der Waals surface area contributed by atoms with Crippen molar-refractivity contribution in [3.8, 4) is 11.5 Å². The second-order valence-electron chi connectivity index (χ2n) is 12.4. The Morgan fingerprint density at radius 2 is 0.837 bits per heavy atom. The maximum atomic E-state index is 10.6. The Morgan fingerprint density at radius 3 is 1.19 bits per heavy atom. The van der Waals surface area contributed by atoms with E-state index in [1.54, 1.807) is 12.1 Å². The van der Waals surface area contributed by atoms with Gasteiger partial charge in [0.15, 0.2) is 0 Å². The molecular formula is C38H60N2O3. The van der Waals surface area contributed by atoms with Gasteiger partial charge in [0, 0.05) is 11.1 Å². The van der Waals surface area contributed by atoms with Crippen molar-refractivity contribution in [2.24, 2.45) is 10.3 Å². The van der Waals surface area contributed by atoms with Gasteiger partial charge in [-0.1, -0.05) is 150 Å². The normalized spacial score (nSPS) is 12.2. The van der Waals surface area contributed by atoms with Gasteiger partial charge in [0.1, 0.15) is 11.5 Å². The van der Waals surface area contributed by atoms with E-state index >= 15 is 0 Å². The number of oxime groups is 2.